The van der Waals surface area contributed by atoms with Crippen molar-refractivity contribution in [1.29, 1.82) is 0 Å². The van der Waals surface area contributed by atoms with Crippen molar-refractivity contribution in [2.24, 2.45) is 0 Å². The number of benzene rings is 2. The number of allylic oxidation sites excluding steroid dienone is 1. The number of hydrogen-bond acceptors (Lipinski definition) is 6. The molecule has 0 saturated heterocycles. The molecular weight excluding hydrogens is 401 g/mol. The van der Waals surface area contributed by atoms with Crippen molar-refractivity contribution in [2.45, 2.75) is 30.8 Å². The molecule has 0 unspecified atom stereocenters. The Morgan fingerprint density at radius 2 is 1.93 bits per heavy atom. The fraction of sp³-hybridized carbons (Fsp3) is 0.182. The Kier molecular flexibility index (Phi) is 6.04. The predicted molar refractivity (Wildman–Crippen MR) is 114 cm³/mol. The maximum absolute atomic E-state index is 14.2. The second-order valence-electron chi connectivity index (χ2n) is 6.54. The van der Waals surface area contributed by atoms with Gasteiger partial charge in [0.05, 0.1) is 11.3 Å². The standard InChI is InChI=1S/C22H20FN5OS/c1-3-13-28-21(17-7-5-6-8-18(17)23)25-26-22(28)30-14-19-24-20(27-29-19)16-11-9-15(4-2)10-12-16/h3,5-12H,1,4,13-14H2,2H3. The average Bonchev–Trinajstić information content (AvgIpc) is 3.40. The zero-order valence-corrected chi connectivity index (χ0v) is 17.3. The van der Waals surface area contributed by atoms with Gasteiger partial charge in [0.2, 0.25) is 11.7 Å². The van der Waals surface area contributed by atoms with Crippen LogP contribution in [-0.4, -0.2) is 24.9 Å². The molecule has 6 nitrogen and oxygen atoms in total. The largest absolute Gasteiger partial charge is 0.338 e. The van der Waals surface area contributed by atoms with Crippen LogP contribution in [0, 0.1) is 5.82 Å². The zero-order valence-electron chi connectivity index (χ0n) is 16.5. The van der Waals surface area contributed by atoms with Crippen LogP contribution < -0.4 is 0 Å². The zero-order chi connectivity index (χ0) is 20.9. The molecule has 0 radical (unpaired) electrons. The van der Waals surface area contributed by atoms with Crippen LogP contribution in [0.3, 0.4) is 0 Å². The number of thioether (sulfide) groups is 1. The van der Waals surface area contributed by atoms with Gasteiger partial charge in [-0.05, 0) is 24.1 Å². The molecule has 0 spiro atoms. The summed E-state index contributed by atoms with van der Waals surface area (Å²) >= 11 is 1.40. The topological polar surface area (TPSA) is 69.6 Å². The Bertz CT molecular complexity index is 1150. The molecule has 0 atom stereocenters. The molecule has 0 aliphatic heterocycles. The molecule has 8 heteroatoms. The third-order valence-corrected chi connectivity index (χ3v) is 5.51. The Balaban J connectivity index is 1.52. The highest BCUT2D eigenvalue weighted by molar-refractivity contribution is 7.98. The van der Waals surface area contributed by atoms with E-state index in [4.69, 9.17) is 4.52 Å². The van der Waals surface area contributed by atoms with E-state index in [0.29, 0.717) is 40.6 Å². The van der Waals surface area contributed by atoms with Crippen molar-refractivity contribution in [3.05, 3.63) is 78.5 Å². The predicted octanol–water partition coefficient (Wildman–Crippen LogP) is 5.17. The summed E-state index contributed by atoms with van der Waals surface area (Å²) in [6.45, 7) is 6.35. The highest BCUT2D eigenvalue weighted by atomic mass is 32.2. The molecule has 152 valence electrons. The van der Waals surface area contributed by atoms with Crippen LogP contribution in [0.4, 0.5) is 4.39 Å². The van der Waals surface area contributed by atoms with Gasteiger partial charge in [-0.2, -0.15) is 4.98 Å². The summed E-state index contributed by atoms with van der Waals surface area (Å²) in [5.41, 5.74) is 2.56. The van der Waals surface area contributed by atoms with Crippen LogP contribution >= 0.6 is 11.8 Å². The fourth-order valence-corrected chi connectivity index (χ4v) is 3.76. The van der Waals surface area contributed by atoms with E-state index in [9.17, 15) is 4.39 Å². The smallest absolute Gasteiger partial charge is 0.237 e. The van der Waals surface area contributed by atoms with Crippen LogP contribution in [-0.2, 0) is 18.7 Å². The third kappa shape index (κ3) is 4.18. The first kappa shape index (κ1) is 20.0. The molecule has 2 aromatic carbocycles. The molecule has 2 heterocycles. The molecule has 30 heavy (non-hydrogen) atoms. The van der Waals surface area contributed by atoms with Crippen LogP contribution in [0.25, 0.3) is 22.8 Å². The lowest BCUT2D eigenvalue weighted by atomic mass is 10.1. The molecule has 0 saturated carbocycles. The summed E-state index contributed by atoms with van der Waals surface area (Å²) in [6.07, 6.45) is 2.71. The number of aryl methyl sites for hydroxylation is 1. The summed E-state index contributed by atoms with van der Waals surface area (Å²) in [6, 6.07) is 14.6. The van der Waals surface area contributed by atoms with Gasteiger partial charge < -0.3 is 4.52 Å². The van der Waals surface area contributed by atoms with Crippen molar-refractivity contribution in [1.82, 2.24) is 24.9 Å². The average molecular weight is 422 g/mol. The van der Waals surface area contributed by atoms with Crippen LogP contribution in [0.5, 0.6) is 0 Å². The van der Waals surface area contributed by atoms with E-state index in [1.54, 1.807) is 24.3 Å². The van der Waals surface area contributed by atoms with Crippen molar-refractivity contribution in [3.8, 4) is 22.8 Å². The summed E-state index contributed by atoms with van der Waals surface area (Å²) in [5.74, 6) is 1.57. The Labute approximate surface area is 177 Å². The Morgan fingerprint density at radius 3 is 2.67 bits per heavy atom. The normalized spacial score (nSPS) is 11.0. The second kappa shape index (κ2) is 9.04. The molecule has 0 aliphatic carbocycles. The highest BCUT2D eigenvalue weighted by Crippen LogP contribution is 2.28. The molecule has 0 aliphatic rings. The summed E-state index contributed by atoms with van der Waals surface area (Å²) in [4.78, 5) is 4.47. The van der Waals surface area contributed by atoms with Gasteiger partial charge in [-0.25, -0.2) is 4.39 Å². The van der Waals surface area contributed by atoms with Gasteiger partial charge in [-0.15, -0.1) is 16.8 Å². The highest BCUT2D eigenvalue weighted by Gasteiger charge is 2.17. The lowest BCUT2D eigenvalue weighted by Gasteiger charge is -2.07. The molecule has 0 fully saturated rings. The molecular formula is C22H20FN5OS. The fourth-order valence-electron chi connectivity index (χ4n) is 2.98. The molecule has 2 aromatic heterocycles. The van der Waals surface area contributed by atoms with E-state index in [1.165, 1.54) is 23.4 Å². The van der Waals surface area contributed by atoms with Crippen LogP contribution in [0.15, 0.2) is 70.9 Å². The number of halogens is 1. The van der Waals surface area contributed by atoms with Gasteiger partial charge in [0.15, 0.2) is 11.0 Å². The van der Waals surface area contributed by atoms with Crippen molar-refractivity contribution in [3.63, 3.8) is 0 Å². The second-order valence-corrected chi connectivity index (χ2v) is 7.48. The molecule has 0 bridgehead atoms. The summed E-state index contributed by atoms with van der Waals surface area (Å²) in [5, 5.41) is 13.1. The van der Waals surface area contributed by atoms with Gasteiger partial charge in [0, 0.05) is 12.1 Å². The Morgan fingerprint density at radius 1 is 1.13 bits per heavy atom. The number of hydrogen-bond donors (Lipinski definition) is 0. The van der Waals surface area contributed by atoms with E-state index < -0.39 is 0 Å². The van der Waals surface area contributed by atoms with E-state index in [-0.39, 0.29) is 5.82 Å². The summed E-state index contributed by atoms with van der Waals surface area (Å²) < 4.78 is 21.4. The van der Waals surface area contributed by atoms with Crippen LogP contribution in [0.2, 0.25) is 0 Å². The van der Waals surface area contributed by atoms with Gasteiger partial charge in [0.25, 0.3) is 0 Å². The molecule has 4 aromatic rings. The van der Waals surface area contributed by atoms with Gasteiger partial charge in [-0.3, -0.25) is 4.57 Å². The summed E-state index contributed by atoms with van der Waals surface area (Å²) in [7, 11) is 0. The minimum Gasteiger partial charge on any atom is -0.338 e. The van der Waals surface area contributed by atoms with E-state index in [2.05, 4.69) is 46.0 Å². The van der Waals surface area contributed by atoms with Crippen LogP contribution in [0.1, 0.15) is 18.4 Å². The maximum Gasteiger partial charge on any atom is 0.237 e. The maximum atomic E-state index is 14.2. The quantitative estimate of drug-likeness (QED) is 0.289. The third-order valence-electron chi connectivity index (χ3n) is 4.56. The van der Waals surface area contributed by atoms with Crippen molar-refractivity contribution in [2.75, 3.05) is 0 Å². The van der Waals surface area contributed by atoms with E-state index in [0.717, 1.165) is 12.0 Å². The first-order chi connectivity index (χ1) is 14.7. The first-order valence-corrected chi connectivity index (χ1v) is 10.5. The number of nitrogens with zero attached hydrogens (tertiary/aromatic N) is 5. The molecule has 4 rings (SSSR count). The van der Waals surface area contributed by atoms with Gasteiger partial charge in [0.1, 0.15) is 5.82 Å². The SMILES string of the molecule is C=CCn1c(SCc2nc(-c3ccc(CC)cc3)no2)nnc1-c1ccccc1F. The minimum atomic E-state index is -0.345. The first-order valence-electron chi connectivity index (χ1n) is 9.53. The molecule has 0 N–H and O–H groups in total. The lowest BCUT2D eigenvalue weighted by Crippen LogP contribution is -2.01. The van der Waals surface area contributed by atoms with Crippen molar-refractivity contribution < 1.29 is 8.91 Å². The number of rotatable bonds is 8. The minimum absolute atomic E-state index is 0.345. The Hall–Kier alpha value is -3.26. The van der Waals surface area contributed by atoms with E-state index >= 15 is 0 Å². The van der Waals surface area contributed by atoms with Gasteiger partial charge in [-0.1, -0.05) is 66.3 Å². The monoisotopic (exact) mass is 421 g/mol. The van der Waals surface area contributed by atoms with Crippen molar-refractivity contribution >= 4 is 11.8 Å². The lowest BCUT2D eigenvalue weighted by molar-refractivity contribution is 0.391. The molecule has 0 amide bonds. The van der Waals surface area contributed by atoms with Gasteiger partial charge >= 0.3 is 0 Å². The number of aromatic nitrogens is 5. The van der Waals surface area contributed by atoms with E-state index in [1.807, 2.05) is 16.7 Å².